The van der Waals surface area contributed by atoms with Crippen molar-refractivity contribution in [1.29, 1.82) is 0 Å². The maximum Gasteiger partial charge on any atom is 0.319 e. The third-order valence-electron chi connectivity index (χ3n) is 3.37. The molecule has 3 amide bonds. The third kappa shape index (κ3) is 4.34. The summed E-state index contributed by atoms with van der Waals surface area (Å²) in [6, 6.07) is 14.2. The molecule has 0 aliphatic rings. The number of nitrogens with two attached hydrogens (primary N) is 1. The lowest BCUT2D eigenvalue weighted by molar-refractivity contribution is 0.100. The third-order valence-corrected chi connectivity index (χ3v) is 3.37. The molecule has 2 rings (SSSR count). The second-order valence-corrected chi connectivity index (χ2v) is 5.00. The second-order valence-electron chi connectivity index (χ2n) is 5.00. The lowest BCUT2D eigenvalue weighted by Crippen LogP contribution is -2.30. The zero-order valence-corrected chi connectivity index (χ0v) is 12.4. The first kappa shape index (κ1) is 15.6. The molecule has 5 nitrogen and oxygen atoms in total. The Bertz CT molecular complexity index is 666. The Hall–Kier alpha value is -2.82. The van der Waals surface area contributed by atoms with Gasteiger partial charge < -0.3 is 16.4 Å². The SMILES string of the molecule is Cc1ccccc1CCNC(=O)Nc1ccc(C(N)=O)cc1. The molecule has 0 atom stereocenters. The van der Waals surface area contributed by atoms with E-state index in [1.165, 1.54) is 11.1 Å². The number of aryl methyl sites for hydroxylation is 1. The first-order chi connectivity index (χ1) is 10.6. The number of urea groups is 1. The highest BCUT2D eigenvalue weighted by molar-refractivity contribution is 5.94. The number of amides is 3. The van der Waals surface area contributed by atoms with Crippen LogP contribution in [-0.2, 0) is 6.42 Å². The molecule has 2 aromatic carbocycles. The van der Waals surface area contributed by atoms with Crippen LogP contribution in [0.2, 0.25) is 0 Å². The van der Waals surface area contributed by atoms with E-state index in [4.69, 9.17) is 5.73 Å². The van der Waals surface area contributed by atoms with E-state index in [1.807, 2.05) is 12.1 Å². The minimum Gasteiger partial charge on any atom is -0.366 e. The van der Waals surface area contributed by atoms with Crippen LogP contribution in [0.25, 0.3) is 0 Å². The molecule has 0 radical (unpaired) electrons. The van der Waals surface area contributed by atoms with Crippen molar-refractivity contribution in [3.63, 3.8) is 0 Å². The van der Waals surface area contributed by atoms with Crippen LogP contribution in [0.15, 0.2) is 48.5 Å². The normalized spacial score (nSPS) is 10.0. The Morgan fingerprint density at radius 2 is 1.73 bits per heavy atom. The molecule has 0 saturated carbocycles. The van der Waals surface area contributed by atoms with Gasteiger partial charge in [-0.25, -0.2) is 4.79 Å². The predicted molar refractivity (Wildman–Crippen MR) is 86.9 cm³/mol. The van der Waals surface area contributed by atoms with Crippen molar-refractivity contribution < 1.29 is 9.59 Å². The van der Waals surface area contributed by atoms with E-state index >= 15 is 0 Å². The summed E-state index contributed by atoms with van der Waals surface area (Å²) < 4.78 is 0. The number of hydrogen-bond donors (Lipinski definition) is 3. The Morgan fingerprint density at radius 3 is 2.36 bits per heavy atom. The minimum atomic E-state index is -0.491. The van der Waals surface area contributed by atoms with Crippen LogP contribution in [0.1, 0.15) is 21.5 Å². The summed E-state index contributed by atoms with van der Waals surface area (Å²) in [5.74, 6) is -0.491. The Kier molecular flexibility index (Phi) is 5.14. The predicted octanol–water partition coefficient (Wildman–Crippen LogP) is 2.46. The molecular formula is C17H19N3O2. The van der Waals surface area contributed by atoms with E-state index in [1.54, 1.807) is 24.3 Å². The molecule has 5 heteroatoms. The van der Waals surface area contributed by atoms with Crippen molar-refractivity contribution in [2.75, 3.05) is 11.9 Å². The zero-order valence-electron chi connectivity index (χ0n) is 12.4. The Morgan fingerprint density at radius 1 is 1.05 bits per heavy atom. The standard InChI is InChI=1S/C17H19N3O2/c1-12-4-2-3-5-13(12)10-11-19-17(22)20-15-8-6-14(7-9-15)16(18)21/h2-9H,10-11H2,1H3,(H2,18,21)(H2,19,20,22). The van der Waals surface area contributed by atoms with Crippen molar-refractivity contribution in [2.24, 2.45) is 5.73 Å². The van der Waals surface area contributed by atoms with Gasteiger partial charge >= 0.3 is 6.03 Å². The second kappa shape index (κ2) is 7.26. The fourth-order valence-corrected chi connectivity index (χ4v) is 2.09. The molecule has 0 aliphatic heterocycles. The van der Waals surface area contributed by atoms with E-state index in [-0.39, 0.29) is 6.03 Å². The van der Waals surface area contributed by atoms with Crippen molar-refractivity contribution in [3.8, 4) is 0 Å². The van der Waals surface area contributed by atoms with Gasteiger partial charge in [-0.2, -0.15) is 0 Å². The summed E-state index contributed by atoms with van der Waals surface area (Å²) in [4.78, 5) is 22.8. The van der Waals surface area contributed by atoms with Crippen molar-refractivity contribution in [2.45, 2.75) is 13.3 Å². The molecule has 0 spiro atoms. The van der Waals surface area contributed by atoms with Crippen molar-refractivity contribution >= 4 is 17.6 Å². The fourth-order valence-electron chi connectivity index (χ4n) is 2.09. The highest BCUT2D eigenvalue weighted by Crippen LogP contribution is 2.09. The molecule has 0 unspecified atom stereocenters. The summed E-state index contributed by atoms with van der Waals surface area (Å²) in [5, 5.41) is 5.51. The summed E-state index contributed by atoms with van der Waals surface area (Å²) in [6.07, 6.45) is 0.778. The summed E-state index contributed by atoms with van der Waals surface area (Å²) in [7, 11) is 0. The Balaban J connectivity index is 1.80. The van der Waals surface area contributed by atoms with Gasteiger partial charge in [-0.05, 0) is 48.7 Å². The number of nitrogens with one attached hydrogen (secondary N) is 2. The van der Waals surface area contributed by atoms with Crippen LogP contribution in [-0.4, -0.2) is 18.5 Å². The molecule has 0 aliphatic carbocycles. The summed E-state index contributed by atoms with van der Waals surface area (Å²) in [5.41, 5.74) is 8.61. The van der Waals surface area contributed by atoms with Crippen LogP contribution in [0.4, 0.5) is 10.5 Å². The molecule has 0 heterocycles. The summed E-state index contributed by atoms with van der Waals surface area (Å²) in [6.45, 7) is 2.60. The van der Waals surface area contributed by atoms with E-state index in [0.29, 0.717) is 17.8 Å². The van der Waals surface area contributed by atoms with Gasteiger partial charge in [-0.15, -0.1) is 0 Å². The molecule has 0 bridgehead atoms. The van der Waals surface area contributed by atoms with Crippen LogP contribution < -0.4 is 16.4 Å². The maximum absolute atomic E-state index is 11.8. The quantitative estimate of drug-likeness (QED) is 0.792. The number of hydrogen-bond acceptors (Lipinski definition) is 2. The van der Waals surface area contributed by atoms with Gasteiger partial charge in [0.25, 0.3) is 0 Å². The van der Waals surface area contributed by atoms with Gasteiger partial charge in [0.05, 0.1) is 0 Å². The molecule has 0 saturated heterocycles. The molecular weight excluding hydrogens is 278 g/mol. The number of carbonyl (C=O) groups is 2. The topological polar surface area (TPSA) is 84.2 Å². The number of rotatable bonds is 5. The number of primary amides is 1. The largest absolute Gasteiger partial charge is 0.366 e. The number of anilines is 1. The van der Waals surface area contributed by atoms with Gasteiger partial charge in [-0.3, -0.25) is 4.79 Å². The van der Waals surface area contributed by atoms with Crippen LogP contribution >= 0.6 is 0 Å². The molecule has 22 heavy (non-hydrogen) atoms. The van der Waals surface area contributed by atoms with E-state index in [2.05, 4.69) is 29.7 Å². The van der Waals surface area contributed by atoms with Gasteiger partial charge in [0, 0.05) is 17.8 Å². The van der Waals surface area contributed by atoms with Crippen molar-refractivity contribution in [1.82, 2.24) is 5.32 Å². The van der Waals surface area contributed by atoms with Crippen LogP contribution in [0, 0.1) is 6.92 Å². The van der Waals surface area contributed by atoms with Gasteiger partial charge in [0.1, 0.15) is 0 Å². The van der Waals surface area contributed by atoms with Crippen LogP contribution in [0.5, 0.6) is 0 Å². The first-order valence-electron chi connectivity index (χ1n) is 7.05. The average Bonchev–Trinajstić information content (AvgIpc) is 2.50. The van der Waals surface area contributed by atoms with E-state index in [0.717, 1.165) is 6.42 Å². The molecule has 0 fully saturated rings. The molecule has 4 N–H and O–H groups in total. The number of carbonyl (C=O) groups excluding carboxylic acids is 2. The Labute approximate surface area is 129 Å². The van der Waals surface area contributed by atoms with E-state index in [9.17, 15) is 9.59 Å². The summed E-state index contributed by atoms with van der Waals surface area (Å²) >= 11 is 0. The zero-order chi connectivity index (χ0) is 15.9. The highest BCUT2D eigenvalue weighted by Gasteiger charge is 2.04. The fraction of sp³-hybridized carbons (Fsp3) is 0.176. The lowest BCUT2D eigenvalue weighted by atomic mass is 10.1. The van der Waals surface area contributed by atoms with Gasteiger partial charge in [0.2, 0.25) is 5.91 Å². The molecule has 0 aromatic heterocycles. The molecule has 2 aromatic rings. The lowest BCUT2D eigenvalue weighted by Gasteiger charge is -2.09. The average molecular weight is 297 g/mol. The monoisotopic (exact) mass is 297 g/mol. The number of benzene rings is 2. The van der Waals surface area contributed by atoms with Crippen molar-refractivity contribution in [3.05, 3.63) is 65.2 Å². The van der Waals surface area contributed by atoms with Crippen LogP contribution in [0.3, 0.4) is 0 Å². The maximum atomic E-state index is 11.8. The van der Waals surface area contributed by atoms with Gasteiger partial charge in [0.15, 0.2) is 0 Å². The smallest absolute Gasteiger partial charge is 0.319 e. The molecule has 114 valence electrons. The first-order valence-corrected chi connectivity index (χ1v) is 7.05. The van der Waals surface area contributed by atoms with Gasteiger partial charge in [-0.1, -0.05) is 24.3 Å². The minimum absolute atomic E-state index is 0.277. The van der Waals surface area contributed by atoms with E-state index < -0.39 is 5.91 Å². The highest BCUT2D eigenvalue weighted by atomic mass is 16.2.